The average molecular weight is 334 g/mol. The molecule has 1 aliphatic carbocycles. The third-order valence-corrected chi connectivity index (χ3v) is 4.54. The lowest BCUT2D eigenvalue weighted by atomic mass is 9.87. The molecule has 2 amide bonds. The number of hydrogen-bond donors (Lipinski definition) is 3. The molecule has 3 N–H and O–H groups in total. The van der Waals surface area contributed by atoms with E-state index in [0.29, 0.717) is 5.92 Å². The highest BCUT2D eigenvalue weighted by molar-refractivity contribution is 5.74. The third kappa shape index (κ3) is 5.71. The summed E-state index contributed by atoms with van der Waals surface area (Å²) in [5.41, 5.74) is 1.05. The zero-order chi connectivity index (χ0) is 17.5. The van der Waals surface area contributed by atoms with Crippen LogP contribution in [0.4, 0.5) is 4.79 Å². The van der Waals surface area contributed by atoms with E-state index in [1.165, 1.54) is 0 Å². The fourth-order valence-corrected chi connectivity index (χ4v) is 3.10. The Labute approximate surface area is 144 Å². The van der Waals surface area contributed by atoms with Crippen LogP contribution in [0.25, 0.3) is 0 Å². The first-order chi connectivity index (χ1) is 11.5. The van der Waals surface area contributed by atoms with E-state index in [1.807, 2.05) is 45.0 Å². The predicted octanol–water partition coefficient (Wildman–Crippen LogP) is 3.39. The standard InChI is InChI=1S/C19H30N2O3/c1-13(2)24-18-10-6-16(7-11-18)14(3)20-19(23)21-17-8-4-15(12-22)5-9-17/h6-7,10-11,13-15,17,22H,4-5,8-9,12H2,1-3H3,(H2,20,21,23). The van der Waals surface area contributed by atoms with Gasteiger partial charge in [-0.3, -0.25) is 0 Å². The fourth-order valence-electron chi connectivity index (χ4n) is 3.10. The van der Waals surface area contributed by atoms with E-state index in [-0.39, 0.29) is 30.8 Å². The summed E-state index contributed by atoms with van der Waals surface area (Å²) in [5, 5.41) is 15.2. The second-order valence-corrected chi connectivity index (χ2v) is 6.98. The summed E-state index contributed by atoms with van der Waals surface area (Å²) in [5.74, 6) is 1.24. The number of aliphatic hydroxyl groups is 1. The van der Waals surface area contributed by atoms with Crippen molar-refractivity contribution < 1.29 is 14.6 Å². The van der Waals surface area contributed by atoms with Crippen molar-refractivity contribution in [3.8, 4) is 5.75 Å². The van der Waals surface area contributed by atoms with Gasteiger partial charge in [0.15, 0.2) is 0 Å². The molecule has 1 aromatic rings. The van der Waals surface area contributed by atoms with Crippen molar-refractivity contribution >= 4 is 6.03 Å². The van der Waals surface area contributed by atoms with Crippen LogP contribution in [0.1, 0.15) is 58.1 Å². The Bertz CT molecular complexity index is 508. The second kappa shape index (κ2) is 8.92. The normalized spacial score (nSPS) is 22.0. The van der Waals surface area contributed by atoms with Crippen LogP contribution in [0, 0.1) is 5.92 Å². The molecule has 1 atom stereocenters. The molecular formula is C19H30N2O3. The molecule has 0 radical (unpaired) electrons. The Morgan fingerprint density at radius 1 is 1.17 bits per heavy atom. The molecule has 1 aromatic carbocycles. The average Bonchev–Trinajstić information content (AvgIpc) is 2.55. The van der Waals surface area contributed by atoms with Gasteiger partial charge in [-0.05, 0) is 70.1 Å². The zero-order valence-electron chi connectivity index (χ0n) is 14.9. The van der Waals surface area contributed by atoms with Gasteiger partial charge < -0.3 is 20.5 Å². The van der Waals surface area contributed by atoms with E-state index in [4.69, 9.17) is 9.84 Å². The van der Waals surface area contributed by atoms with Gasteiger partial charge in [-0.2, -0.15) is 0 Å². The number of carbonyl (C=O) groups is 1. The van der Waals surface area contributed by atoms with Gasteiger partial charge in [-0.15, -0.1) is 0 Å². The monoisotopic (exact) mass is 334 g/mol. The molecule has 1 fully saturated rings. The van der Waals surface area contributed by atoms with Gasteiger partial charge in [0.05, 0.1) is 12.1 Å². The van der Waals surface area contributed by atoms with Gasteiger partial charge in [-0.1, -0.05) is 12.1 Å². The van der Waals surface area contributed by atoms with Crippen LogP contribution in [-0.4, -0.2) is 29.9 Å². The summed E-state index contributed by atoms with van der Waals surface area (Å²) < 4.78 is 5.63. The molecule has 2 rings (SSSR count). The van der Waals surface area contributed by atoms with Crippen molar-refractivity contribution in [3.63, 3.8) is 0 Å². The van der Waals surface area contributed by atoms with E-state index in [2.05, 4.69) is 10.6 Å². The van der Waals surface area contributed by atoms with E-state index < -0.39 is 0 Å². The Hall–Kier alpha value is -1.75. The smallest absolute Gasteiger partial charge is 0.315 e. The topological polar surface area (TPSA) is 70.6 Å². The van der Waals surface area contributed by atoms with Crippen molar-refractivity contribution in [1.82, 2.24) is 10.6 Å². The first-order valence-electron chi connectivity index (χ1n) is 8.92. The fraction of sp³-hybridized carbons (Fsp3) is 0.632. The van der Waals surface area contributed by atoms with E-state index >= 15 is 0 Å². The van der Waals surface area contributed by atoms with Gasteiger partial charge in [0.25, 0.3) is 0 Å². The molecule has 5 heteroatoms. The molecule has 134 valence electrons. The molecule has 1 aliphatic rings. The molecule has 0 aliphatic heterocycles. The first-order valence-corrected chi connectivity index (χ1v) is 8.92. The van der Waals surface area contributed by atoms with Gasteiger partial charge in [0.1, 0.15) is 5.75 Å². The quantitative estimate of drug-likeness (QED) is 0.747. The molecule has 1 unspecified atom stereocenters. The van der Waals surface area contributed by atoms with Gasteiger partial charge >= 0.3 is 6.03 Å². The minimum Gasteiger partial charge on any atom is -0.491 e. The van der Waals surface area contributed by atoms with Crippen LogP contribution in [0.5, 0.6) is 5.75 Å². The number of urea groups is 1. The van der Waals surface area contributed by atoms with Gasteiger partial charge in [0.2, 0.25) is 0 Å². The molecule has 0 bridgehead atoms. The third-order valence-electron chi connectivity index (χ3n) is 4.54. The molecular weight excluding hydrogens is 304 g/mol. The number of aliphatic hydroxyl groups excluding tert-OH is 1. The maximum atomic E-state index is 12.2. The Kier molecular flexibility index (Phi) is 6.91. The minimum atomic E-state index is -0.127. The van der Waals surface area contributed by atoms with Crippen molar-refractivity contribution in [2.45, 2.75) is 64.6 Å². The van der Waals surface area contributed by atoms with Crippen LogP contribution in [0.15, 0.2) is 24.3 Å². The summed E-state index contributed by atoms with van der Waals surface area (Å²) in [6.45, 7) is 6.22. The summed E-state index contributed by atoms with van der Waals surface area (Å²) in [7, 11) is 0. The number of nitrogens with one attached hydrogen (secondary N) is 2. The Morgan fingerprint density at radius 2 is 1.79 bits per heavy atom. The lowest BCUT2D eigenvalue weighted by Gasteiger charge is -2.28. The molecule has 24 heavy (non-hydrogen) atoms. The highest BCUT2D eigenvalue weighted by Gasteiger charge is 2.22. The van der Waals surface area contributed by atoms with E-state index in [0.717, 1.165) is 37.0 Å². The van der Waals surface area contributed by atoms with Gasteiger partial charge in [0, 0.05) is 12.6 Å². The number of amides is 2. The number of hydrogen-bond acceptors (Lipinski definition) is 3. The van der Waals surface area contributed by atoms with Crippen LogP contribution in [0.3, 0.4) is 0 Å². The second-order valence-electron chi connectivity index (χ2n) is 6.98. The van der Waals surface area contributed by atoms with Crippen molar-refractivity contribution in [1.29, 1.82) is 0 Å². The SMILES string of the molecule is CC(C)Oc1ccc(C(C)NC(=O)NC2CCC(CO)CC2)cc1. The van der Waals surface area contributed by atoms with E-state index in [1.54, 1.807) is 0 Å². The van der Waals surface area contributed by atoms with Crippen molar-refractivity contribution in [2.24, 2.45) is 5.92 Å². The molecule has 0 aromatic heterocycles. The van der Waals surface area contributed by atoms with Crippen LogP contribution >= 0.6 is 0 Å². The number of carbonyl (C=O) groups excluding carboxylic acids is 1. The lowest BCUT2D eigenvalue weighted by molar-refractivity contribution is 0.174. The van der Waals surface area contributed by atoms with E-state index in [9.17, 15) is 4.79 Å². The van der Waals surface area contributed by atoms with Crippen molar-refractivity contribution in [2.75, 3.05) is 6.61 Å². The molecule has 1 saturated carbocycles. The molecule has 0 spiro atoms. The largest absolute Gasteiger partial charge is 0.491 e. The molecule has 0 saturated heterocycles. The minimum absolute atomic E-state index is 0.0631. The van der Waals surface area contributed by atoms with Gasteiger partial charge in [-0.25, -0.2) is 4.79 Å². The number of rotatable bonds is 6. The first kappa shape index (κ1) is 18.6. The highest BCUT2D eigenvalue weighted by Crippen LogP contribution is 2.24. The Morgan fingerprint density at radius 3 is 2.33 bits per heavy atom. The summed E-state index contributed by atoms with van der Waals surface area (Å²) in [4.78, 5) is 12.2. The molecule has 0 heterocycles. The molecule has 5 nitrogen and oxygen atoms in total. The van der Waals surface area contributed by atoms with Crippen LogP contribution in [-0.2, 0) is 0 Å². The maximum absolute atomic E-state index is 12.2. The van der Waals surface area contributed by atoms with Crippen molar-refractivity contribution in [3.05, 3.63) is 29.8 Å². The highest BCUT2D eigenvalue weighted by atomic mass is 16.5. The summed E-state index contributed by atoms with van der Waals surface area (Å²) in [6.07, 6.45) is 3.99. The van der Waals surface area contributed by atoms with Crippen LogP contribution < -0.4 is 15.4 Å². The Balaban J connectivity index is 1.79. The predicted molar refractivity (Wildman–Crippen MR) is 95.1 cm³/mol. The number of benzene rings is 1. The summed E-state index contributed by atoms with van der Waals surface area (Å²) in [6, 6.07) is 7.85. The van der Waals surface area contributed by atoms with Crippen LogP contribution in [0.2, 0.25) is 0 Å². The number of ether oxygens (including phenoxy) is 1. The maximum Gasteiger partial charge on any atom is 0.315 e. The lowest BCUT2D eigenvalue weighted by Crippen LogP contribution is -2.44. The summed E-state index contributed by atoms with van der Waals surface area (Å²) >= 11 is 0. The zero-order valence-corrected chi connectivity index (χ0v) is 14.9.